The lowest BCUT2D eigenvalue weighted by Crippen LogP contribution is -2.82. The molecule has 12 heteroatoms. The summed E-state index contributed by atoms with van der Waals surface area (Å²) in [7, 11) is 0. The van der Waals surface area contributed by atoms with Gasteiger partial charge in [0.25, 0.3) is 0 Å². The molecule has 2 bridgehead atoms. The second-order valence-corrected chi connectivity index (χ2v) is 13.6. The number of hydrogen-bond acceptors (Lipinski definition) is 12. The molecule has 1 saturated heterocycles. The van der Waals surface area contributed by atoms with Crippen molar-refractivity contribution < 1.29 is 58.2 Å². The Hall–Kier alpha value is -3.32. The average Bonchev–Trinajstić information content (AvgIpc) is 2.94. The summed E-state index contributed by atoms with van der Waals surface area (Å²) in [5, 5.41) is 37.4. The van der Waals surface area contributed by atoms with Crippen LogP contribution in [0.15, 0.2) is 41.5 Å². The van der Waals surface area contributed by atoms with E-state index in [1.165, 1.54) is 32.9 Å². The number of ether oxygens (including phenoxy) is 5. The van der Waals surface area contributed by atoms with E-state index in [4.69, 9.17) is 23.7 Å². The molecule has 0 spiro atoms. The Labute approximate surface area is 261 Å². The van der Waals surface area contributed by atoms with Gasteiger partial charge in [0.2, 0.25) is 0 Å². The van der Waals surface area contributed by atoms with E-state index in [-0.39, 0.29) is 30.6 Å². The van der Waals surface area contributed by atoms with Crippen LogP contribution in [0.25, 0.3) is 0 Å². The predicted molar refractivity (Wildman–Crippen MR) is 155 cm³/mol. The van der Waals surface area contributed by atoms with Gasteiger partial charge in [-0.3, -0.25) is 14.4 Å². The first kappa shape index (κ1) is 33.1. The van der Waals surface area contributed by atoms with Crippen LogP contribution in [0.1, 0.15) is 71.7 Å². The van der Waals surface area contributed by atoms with Gasteiger partial charge in [-0.05, 0) is 30.2 Å². The van der Waals surface area contributed by atoms with E-state index < -0.39 is 88.5 Å². The van der Waals surface area contributed by atoms with E-state index in [2.05, 4.69) is 0 Å². The third-order valence-electron chi connectivity index (χ3n) is 10.7. The van der Waals surface area contributed by atoms with E-state index in [1.54, 1.807) is 45.9 Å². The van der Waals surface area contributed by atoms with E-state index in [0.717, 1.165) is 0 Å². The molecule has 0 aromatic heterocycles. The Morgan fingerprint density at radius 3 is 2.07 bits per heavy atom. The number of benzene rings is 1. The number of aliphatic hydroxyl groups excluding tert-OH is 2. The first-order chi connectivity index (χ1) is 20.9. The fourth-order valence-corrected chi connectivity index (χ4v) is 8.46. The molecule has 2 unspecified atom stereocenters. The van der Waals surface area contributed by atoms with Gasteiger partial charge in [-0.25, -0.2) is 4.79 Å². The van der Waals surface area contributed by atoms with Gasteiger partial charge in [0, 0.05) is 44.4 Å². The molecule has 2 saturated carbocycles. The molecule has 0 amide bonds. The van der Waals surface area contributed by atoms with Crippen LogP contribution in [0.5, 0.6) is 0 Å². The Morgan fingerprint density at radius 1 is 0.911 bits per heavy atom. The molecular weight excluding hydrogens is 588 g/mol. The summed E-state index contributed by atoms with van der Waals surface area (Å²) in [6, 6.07) is 8.09. The van der Waals surface area contributed by atoms with Crippen molar-refractivity contribution in [3.05, 3.63) is 47.0 Å². The summed E-state index contributed by atoms with van der Waals surface area (Å²) in [5.41, 5.74) is -5.96. The van der Waals surface area contributed by atoms with Crippen LogP contribution in [-0.4, -0.2) is 93.6 Å². The van der Waals surface area contributed by atoms with Crippen molar-refractivity contribution in [2.24, 2.45) is 16.7 Å². The van der Waals surface area contributed by atoms with Crippen molar-refractivity contribution in [3.63, 3.8) is 0 Å². The van der Waals surface area contributed by atoms with Crippen molar-refractivity contribution in [2.45, 2.75) is 109 Å². The third-order valence-corrected chi connectivity index (χ3v) is 10.7. The summed E-state index contributed by atoms with van der Waals surface area (Å²) in [6.45, 7) is 9.94. The summed E-state index contributed by atoms with van der Waals surface area (Å²) in [5.74, 6) is -4.20. The second-order valence-electron chi connectivity index (χ2n) is 13.6. The first-order valence-electron chi connectivity index (χ1n) is 15.1. The lowest BCUT2D eigenvalue weighted by molar-refractivity contribution is -0.365. The highest BCUT2D eigenvalue weighted by Gasteiger charge is 2.78. The molecule has 3 N–H and O–H groups in total. The number of rotatable bonds is 5. The maximum Gasteiger partial charge on any atom is 0.338 e. The average molecular weight is 631 g/mol. The molecule has 1 aromatic rings. The maximum atomic E-state index is 13.9. The summed E-state index contributed by atoms with van der Waals surface area (Å²) >= 11 is 0. The first-order valence-corrected chi connectivity index (χ1v) is 15.1. The highest BCUT2D eigenvalue weighted by molar-refractivity contribution is 5.89. The van der Waals surface area contributed by atoms with Crippen LogP contribution in [0.3, 0.4) is 0 Å². The minimum absolute atomic E-state index is 0.0700. The van der Waals surface area contributed by atoms with Gasteiger partial charge in [0.1, 0.15) is 30.0 Å². The van der Waals surface area contributed by atoms with Crippen LogP contribution in [0.4, 0.5) is 0 Å². The quantitative estimate of drug-likeness (QED) is 0.246. The van der Waals surface area contributed by atoms with Crippen LogP contribution in [0.2, 0.25) is 0 Å². The largest absolute Gasteiger partial charge is 0.458 e. The molecule has 246 valence electrons. The molecule has 1 aliphatic heterocycles. The molecular formula is C33H42O12. The van der Waals surface area contributed by atoms with E-state index in [1.807, 2.05) is 0 Å². The topological polar surface area (TPSA) is 175 Å². The Bertz CT molecular complexity index is 1420. The Kier molecular flexibility index (Phi) is 8.21. The lowest BCUT2D eigenvalue weighted by atomic mass is 9.44. The SMILES string of the molecule is CC(=O)O[C@H]1C[C@@]2(O)C(OC(=O)c3ccccc3)C3[C@@](C)([C@@H](O)C[C@H]4OC[C@@]34OC(C)=O)[C@@H](O)[C@@H](OC(C)=O)C(=C1C)C2(C)C. The van der Waals surface area contributed by atoms with Gasteiger partial charge in [-0.1, -0.05) is 39.0 Å². The van der Waals surface area contributed by atoms with Crippen LogP contribution in [-0.2, 0) is 38.1 Å². The van der Waals surface area contributed by atoms with Gasteiger partial charge >= 0.3 is 23.9 Å². The van der Waals surface area contributed by atoms with Gasteiger partial charge in [-0.2, -0.15) is 0 Å². The van der Waals surface area contributed by atoms with Gasteiger partial charge < -0.3 is 39.0 Å². The van der Waals surface area contributed by atoms with Gasteiger partial charge in [0.05, 0.1) is 24.2 Å². The fraction of sp³-hybridized carbons (Fsp3) is 0.636. The van der Waals surface area contributed by atoms with Crippen molar-refractivity contribution in [1.82, 2.24) is 0 Å². The number of hydrogen-bond donors (Lipinski definition) is 3. The van der Waals surface area contributed by atoms with Crippen LogP contribution in [0, 0.1) is 16.7 Å². The lowest BCUT2D eigenvalue weighted by Gasteiger charge is -2.69. The van der Waals surface area contributed by atoms with E-state index >= 15 is 0 Å². The minimum Gasteiger partial charge on any atom is -0.458 e. The molecule has 45 heavy (non-hydrogen) atoms. The standard InChI is InChI=1S/C33H42O12/c1-16-21(42-17(2)34)14-33(40)28(44-29(39)20-11-9-8-10-12-20)26-31(7,22(37)13-23-32(26,15-41-23)45-19(4)36)27(38)25(43-18(3)35)24(16)30(33,5)6/h8-12,21-23,25-28,37-38,40H,13-15H2,1-7H3/t21-,22-,23+,25-,26?,27-,28?,31+,32-,33+/m0/s1. The minimum atomic E-state index is -2.11. The molecule has 4 aliphatic rings. The number of fused-ring (bicyclic) bond motifs is 5. The van der Waals surface area contributed by atoms with Crippen LogP contribution >= 0.6 is 0 Å². The molecule has 0 radical (unpaired) electrons. The van der Waals surface area contributed by atoms with Crippen molar-refractivity contribution in [3.8, 4) is 0 Å². The molecule has 3 fully saturated rings. The second kappa shape index (κ2) is 11.2. The highest BCUT2D eigenvalue weighted by Crippen LogP contribution is 2.65. The zero-order valence-corrected chi connectivity index (χ0v) is 26.6. The predicted octanol–water partition coefficient (Wildman–Crippen LogP) is 2.02. The normalized spacial score (nSPS) is 39.9. The number of carbonyl (C=O) groups excluding carboxylic acids is 4. The molecule has 3 aliphatic carbocycles. The molecule has 1 heterocycles. The molecule has 1 aromatic carbocycles. The number of esters is 4. The van der Waals surface area contributed by atoms with Crippen molar-refractivity contribution >= 4 is 23.9 Å². The van der Waals surface area contributed by atoms with Gasteiger partial charge in [-0.15, -0.1) is 0 Å². The zero-order valence-electron chi connectivity index (χ0n) is 26.6. The molecule has 12 nitrogen and oxygen atoms in total. The molecule has 10 atom stereocenters. The summed E-state index contributed by atoms with van der Waals surface area (Å²) in [6.07, 6.45) is -8.36. The maximum absolute atomic E-state index is 13.9. The fourth-order valence-electron chi connectivity index (χ4n) is 8.46. The Balaban J connectivity index is 1.86. The van der Waals surface area contributed by atoms with Crippen molar-refractivity contribution in [2.75, 3.05) is 6.61 Å². The van der Waals surface area contributed by atoms with E-state index in [9.17, 15) is 34.5 Å². The number of carbonyl (C=O) groups is 4. The number of aliphatic hydroxyl groups is 3. The summed E-state index contributed by atoms with van der Waals surface area (Å²) < 4.78 is 29.6. The van der Waals surface area contributed by atoms with E-state index in [0.29, 0.717) is 5.57 Å². The third kappa shape index (κ3) is 4.88. The Morgan fingerprint density at radius 2 is 1.53 bits per heavy atom. The summed E-state index contributed by atoms with van der Waals surface area (Å²) in [4.78, 5) is 51.5. The zero-order chi connectivity index (χ0) is 33.3. The van der Waals surface area contributed by atoms with Crippen LogP contribution < -0.4 is 0 Å². The van der Waals surface area contributed by atoms with Gasteiger partial charge in [0.15, 0.2) is 11.7 Å². The highest BCUT2D eigenvalue weighted by atomic mass is 16.6. The monoisotopic (exact) mass is 630 g/mol. The molecule has 5 rings (SSSR count). The van der Waals surface area contributed by atoms with Crippen molar-refractivity contribution in [1.29, 1.82) is 0 Å². The smallest absolute Gasteiger partial charge is 0.338 e.